The van der Waals surface area contributed by atoms with Gasteiger partial charge in [0.05, 0.1) is 11.3 Å². The van der Waals surface area contributed by atoms with Crippen LogP contribution >= 0.6 is 10.0 Å². The van der Waals surface area contributed by atoms with Crippen molar-refractivity contribution in [2.75, 3.05) is 18.8 Å². The van der Waals surface area contributed by atoms with Crippen LogP contribution in [-0.4, -0.2) is 33.3 Å². The van der Waals surface area contributed by atoms with Crippen LogP contribution in [0.15, 0.2) is 70.0 Å². The van der Waals surface area contributed by atoms with Crippen molar-refractivity contribution in [1.82, 2.24) is 14.5 Å². The van der Waals surface area contributed by atoms with Crippen LogP contribution in [0.25, 0.3) is 28.6 Å². The summed E-state index contributed by atoms with van der Waals surface area (Å²) < 4.78 is 7.75. The lowest BCUT2D eigenvalue weighted by atomic mass is 10.1. The molecule has 0 saturated heterocycles. The van der Waals surface area contributed by atoms with Crippen molar-refractivity contribution in [2.45, 2.75) is 26.2 Å². The van der Waals surface area contributed by atoms with E-state index in [2.05, 4.69) is 34.9 Å². The Kier molecular flexibility index (Phi) is 6.12. The van der Waals surface area contributed by atoms with Crippen LogP contribution in [0.5, 0.6) is 0 Å². The highest BCUT2D eigenvalue weighted by Gasteiger charge is 2.25. The van der Waals surface area contributed by atoms with Crippen LogP contribution < -0.4 is 5.69 Å². The molecule has 0 N–H and O–H groups in total. The van der Waals surface area contributed by atoms with Crippen LogP contribution in [0.2, 0.25) is 0 Å². The Balaban J connectivity index is 1.69. The quantitative estimate of drug-likeness (QED) is 0.336. The second kappa shape index (κ2) is 9.24. The summed E-state index contributed by atoms with van der Waals surface area (Å²) in [5, 5.41) is 3.39. The molecule has 5 rings (SSSR count). The van der Waals surface area contributed by atoms with E-state index in [1.54, 1.807) is 6.20 Å². The molecule has 0 amide bonds. The fraction of sp³-hybridized carbons (Fsp3) is 0.276. The predicted octanol–water partition coefficient (Wildman–Crippen LogP) is 5.82. The van der Waals surface area contributed by atoms with Gasteiger partial charge in [-0.3, -0.25) is 0 Å². The summed E-state index contributed by atoms with van der Waals surface area (Å²) in [6, 6.07) is 17.7. The van der Waals surface area contributed by atoms with Crippen molar-refractivity contribution < 1.29 is 4.42 Å². The Bertz CT molecular complexity index is 1480. The molecule has 2 heterocycles. The van der Waals surface area contributed by atoms with Gasteiger partial charge < -0.3 is 4.42 Å². The van der Waals surface area contributed by atoms with E-state index in [0.29, 0.717) is 23.4 Å². The molecule has 178 valence electrons. The zero-order chi connectivity index (χ0) is 24.6. The van der Waals surface area contributed by atoms with Crippen LogP contribution in [0.4, 0.5) is 0 Å². The van der Waals surface area contributed by atoms with E-state index < -0.39 is 10.0 Å². The molecule has 35 heavy (non-hydrogen) atoms. The van der Waals surface area contributed by atoms with Gasteiger partial charge in [0.15, 0.2) is 11.6 Å². The first-order chi connectivity index (χ1) is 16.8. The molecular formula is C29H29N3O2S. The molecule has 1 fully saturated rings. The maximum absolute atomic E-state index is 13.3. The number of oxazole rings is 1. The molecular weight excluding hydrogens is 454 g/mol. The second-order valence-electron chi connectivity index (χ2n) is 9.87. The molecule has 2 aromatic heterocycles. The lowest BCUT2D eigenvalue weighted by molar-refractivity contribution is 0.587. The number of benzene rings is 2. The number of hydrogen-bond acceptors (Lipinski definition) is 4. The van der Waals surface area contributed by atoms with Crippen molar-refractivity contribution in [3.8, 4) is 39.8 Å². The van der Waals surface area contributed by atoms with E-state index in [-0.39, 0.29) is 5.69 Å². The average molecular weight is 484 g/mol. The summed E-state index contributed by atoms with van der Waals surface area (Å²) in [6.45, 7) is 2.04. The molecule has 1 aliphatic carbocycles. The maximum Gasteiger partial charge on any atom is 0.353 e. The Morgan fingerprint density at radius 3 is 2.37 bits per heavy atom. The molecule has 0 bridgehead atoms. The van der Waals surface area contributed by atoms with Gasteiger partial charge in [-0.2, -0.15) is 20.0 Å². The van der Waals surface area contributed by atoms with E-state index in [1.807, 2.05) is 61.5 Å². The van der Waals surface area contributed by atoms with E-state index in [1.165, 1.54) is 17.4 Å². The number of nitrogens with zero attached hydrogens (tertiary/aromatic N) is 3. The van der Waals surface area contributed by atoms with Gasteiger partial charge in [0, 0.05) is 17.3 Å². The van der Waals surface area contributed by atoms with Gasteiger partial charge in [-0.1, -0.05) is 53.9 Å². The minimum Gasteiger partial charge on any atom is -0.434 e. The predicted molar refractivity (Wildman–Crippen MR) is 144 cm³/mol. The van der Waals surface area contributed by atoms with E-state index in [4.69, 9.17) is 9.40 Å². The Morgan fingerprint density at radius 2 is 1.71 bits per heavy atom. The zero-order valence-corrected chi connectivity index (χ0v) is 21.4. The fourth-order valence-electron chi connectivity index (χ4n) is 3.78. The summed E-state index contributed by atoms with van der Waals surface area (Å²) >= 11 is 0. The van der Waals surface area contributed by atoms with Crippen molar-refractivity contribution in [3.63, 3.8) is 0 Å². The molecule has 0 atom stereocenters. The van der Waals surface area contributed by atoms with Crippen LogP contribution in [0.1, 0.15) is 29.7 Å². The summed E-state index contributed by atoms with van der Waals surface area (Å²) in [4.78, 5) is 22.6. The minimum atomic E-state index is -1.04. The Labute approximate surface area is 207 Å². The molecule has 0 radical (unpaired) electrons. The number of aryl methyl sites for hydroxylation is 1. The van der Waals surface area contributed by atoms with Gasteiger partial charge in [-0.05, 0) is 68.3 Å². The van der Waals surface area contributed by atoms with Crippen molar-refractivity contribution in [3.05, 3.63) is 88.1 Å². The number of rotatable bonds is 5. The summed E-state index contributed by atoms with van der Waals surface area (Å²) in [5.41, 5.74) is 4.05. The van der Waals surface area contributed by atoms with Crippen LogP contribution in [-0.2, 0) is 6.42 Å². The molecule has 6 heteroatoms. The largest absolute Gasteiger partial charge is 0.434 e. The van der Waals surface area contributed by atoms with E-state index >= 15 is 0 Å². The summed E-state index contributed by atoms with van der Waals surface area (Å²) in [6.07, 6.45) is 11.4. The summed E-state index contributed by atoms with van der Waals surface area (Å²) in [5.74, 6) is 5.34. The highest BCUT2D eigenvalue weighted by Crippen LogP contribution is 2.35. The SMILES string of the molecule is Cc1ccc(-c2nc(-n3cc(C#CS(C)(C)C)c(CC4CC4)nc3=O)c(-c3ccccc3)o2)cc1. The molecule has 0 unspecified atom stereocenters. The topological polar surface area (TPSA) is 60.9 Å². The van der Waals surface area contributed by atoms with Gasteiger partial charge in [0.25, 0.3) is 0 Å². The third-order valence-electron chi connectivity index (χ3n) is 5.85. The third kappa shape index (κ3) is 5.41. The summed E-state index contributed by atoms with van der Waals surface area (Å²) in [7, 11) is -1.04. The molecule has 0 spiro atoms. The molecule has 1 saturated carbocycles. The van der Waals surface area contributed by atoms with Crippen LogP contribution in [0.3, 0.4) is 0 Å². The van der Waals surface area contributed by atoms with Gasteiger partial charge in [-0.15, -0.1) is 0 Å². The van der Waals surface area contributed by atoms with Gasteiger partial charge in [0.2, 0.25) is 5.89 Å². The molecule has 2 aromatic carbocycles. The van der Waals surface area contributed by atoms with Gasteiger partial charge >= 0.3 is 5.69 Å². The second-order valence-corrected chi connectivity index (χ2v) is 13.7. The first kappa shape index (κ1) is 23.2. The monoisotopic (exact) mass is 483 g/mol. The first-order valence-electron chi connectivity index (χ1n) is 11.7. The zero-order valence-electron chi connectivity index (χ0n) is 20.5. The number of hydrogen-bond donors (Lipinski definition) is 0. The van der Waals surface area contributed by atoms with Gasteiger partial charge in [0.1, 0.15) is 0 Å². The highest BCUT2D eigenvalue weighted by atomic mass is 32.3. The number of aromatic nitrogens is 3. The third-order valence-corrected chi connectivity index (χ3v) is 6.56. The molecule has 5 nitrogen and oxygen atoms in total. The van der Waals surface area contributed by atoms with Gasteiger partial charge in [-0.25, -0.2) is 9.36 Å². The minimum absolute atomic E-state index is 0.366. The first-order valence-corrected chi connectivity index (χ1v) is 14.6. The highest BCUT2D eigenvalue weighted by molar-refractivity contribution is 8.35. The molecule has 0 aliphatic heterocycles. The standard InChI is InChI=1S/C29H29N3O2S/c1-20-10-14-23(15-11-20)28-31-27(26(34-28)22-8-6-5-7-9-22)32-19-24(16-17-35(2,3)4)25(30-29(32)33)18-21-12-13-21/h5-11,14-15,19,21H,12-13,18H2,1-4H3. The molecule has 1 aliphatic rings. The average Bonchev–Trinajstić information content (AvgIpc) is 3.54. The van der Waals surface area contributed by atoms with E-state index in [9.17, 15) is 4.79 Å². The van der Waals surface area contributed by atoms with Crippen LogP contribution in [0, 0.1) is 24.0 Å². The van der Waals surface area contributed by atoms with Crippen molar-refractivity contribution >= 4 is 10.0 Å². The van der Waals surface area contributed by atoms with Crippen molar-refractivity contribution in [1.29, 1.82) is 0 Å². The lowest BCUT2D eigenvalue weighted by Gasteiger charge is -2.15. The Hall–Kier alpha value is -3.56. The Morgan fingerprint density at radius 1 is 1.00 bits per heavy atom. The van der Waals surface area contributed by atoms with E-state index in [0.717, 1.165) is 34.4 Å². The molecule has 4 aromatic rings. The van der Waals surface area contributed by atoms with Crippen molar-refractivity contribution in [2.24, 2.45) is 5.92 Å². The normalized spacial score (nSPS) is 13.8. The smallest absolute Gasteiger partial charge is 0.353 e. The fourth-order valence-corrected chi connectivity index (χ4v) is 4.19. The lowest BCUT2D eigenvalue weighted by Crippen LogP contribution is -2.24. The maximum atomic E-state index is 13.3.